The monoisotopic (exact) mass is 287 g/mol. The second-order valence-corrected chi connectivity index (χ2v) is 5.76. The molecule has 0 aromatic carbocycles. The van der Waals surface area contributed by atoms with Gasteiger partial charge in [-0.25, -0.2) is 0 Å². The van der Waals surface area contributed by atoms with Gasteiger partial charge in [0.05, 0.1) is 6.54 Å². The highest BCUT2D eigenvalue weighted by molar-refractivity contribution is 7.08. The third kappa shape index (κ3) is 3.02. The zero-order valence-corrected chi connectivity index (χ0v) is 12.0. The summed E-state index contributed by atoms with van der Waals surface area (Å²) in [5, 5.41) is 7.04. The van der Waals surface area contributed by atoms with Crippen molar-refractivity contribution in [1.29, 1.82) is 0 Å². The molecule has 2 heterocycles. The first kappa shape index (κ1) is 13.2. The van der Waals surface area contributed by atoms with Crippen LogP contribution in [0.1, 0.15) is 25.0 Å². The number of allylic oxidation sites excluding steroid dienone is 2. The van der Waals surface area contributed by atoms with Gasteiger partial charge in [-0.15, -0.1) is 0 Å². The molecule has 0 bridgehead atoms. The zero-order chi connectivity index (χ0) is 13.8. The molecule has 3 rings (SSSR count). The lowest BCUT2D eigenvalue weighted by molar-refractivity contribution is -0.125. The molecule has 1 amide bonds. The summed E-state index contributed by atoms with van der Waals surface area (Å²) in [5.41, 5.74) is 1.09. The molecule has 0 unspecified atom stereocenters. The van der Waals surface area contributed by atoms with E-state index in [-0.39, 0.29) is 11.8 Å². The fraction of sp³-hybridized carbons (Fsp3) is 0.312. The molecule has 1 N–H and O–H groups in total. The number of nitrogens with one attached hydrogen (secondary N) is 1. The molecule has 0 saturated carbocycles. The Kier molecular flexibility index (Phi) is 4.02. The van der Waals surface area contributed by atoms with Crippen LogP contribution in [0.4, 0.5) is 0 Å². The van der Waals surface area contributed by atoms with Gasteiger partial charge in [-0.3, -0.25) is 4.79 Å². The summed E-state index contributed by atoms with van der Waals surface area (Å²) in [7, 11) is 0. The van der Waals surface area contributed by atoms with Gasteiger partial charge in [-0.05, 0) is 42.8 Å². The molecule has 0 fully saturated rings. The third-order valence-electron chi connectivity index (χ3n) is 3.54. The summed E-state index contributed by atoms with van der Waals surface area (Å²) >= 11 is 1.64. The van der Waals surface area contributed by atoms with Crippen molar-refractivity contribution >= 4 is 17.2 Å². The average Bonchev–Trinajstić information content (AvgIpc) is 3.16. The van der Waals surface area contributed by atoms with Crippen LogP contribution in [0.2, 0.25) is 0 Å². The van der Waals surface area contributed by atoms with Crippen molar-refractivity contribution in [3.63, 3.8) is 0 Å². The number of thiophene rings is 1. The van der Waals surface area contributed by atoms with E-state index in [4.69, 9.17) is 4.42 Å². The van der Waals surface area contributed by atoms with Crippen LogP contribution >= 0.6 is 11.3 Å². The van der Waals surface area contributed by atoms with Crippen molar-refractivity contribution in [3.05, 3.63) is 46.9 Å². The lowest BCUT2D eigenvalue weighted by atomic mass is 9.94. The van der Waals surface area contributed by atoms with Crippen LogP contribution in [-0.2, 0) is 11.3 Å². The van der Waals surface area contributed by atoms with Crippen LogP contribution in [0.15, 0.2) is 45.5 Å². The number of rotatable bonds is 4. The highest BCUT2D eigenvalue weighted by Crippen LogP contribution is 2.24. The quantitative estimate of drug-likeness (QED) is 0.864. The summed E-state index contributed by atoms with van der Waals surface area (Å²) in [4.78, 5) is 12.0. The van der Waals surface area contributed by atoms with Gasteiger partial charge in [0.25, 0.3) is 0 Å². The van der Waals surface area contributed by atoms with Crippen LogP contribution in [0, 0.1) is 5.92 Å². The SMILES string of the molecule is O=C(NCc1ccc(-c2ccsc2)o1)[C@@H]1CC=CCC1. The standard InChI is InChI=1S/C16H17NO2S/c18-16(12-4-2-1-3-5-12)17-10-14-6-7-15(19-14)13-8-9-20-11-13/h1-2,6-9,11-12H,3-5,10H2,(H,17,18)/t12-/m1/s1. The zero-order valence-electron chi connectivity index (χ0n) is 11.2. The van der Waals surface area contributed by atoms with Gasteiger partial charge < -0.3 is 9.73 Å². The fourth-order valence-electron chi connectivity index (χ4n) is 2.38. The fourth-order valence-corrected chi connectivity index (χ4v) is 3.03. The van der Waals surface area contributed by atoms with Crippen molar-refractivity contribution in [2.45, 2.75) is 25.8 Å². The molecule has 1 aliphatic carbocycles. The van der Waals surface area contributed by atoms with Crippen LogP contribution in [-0.4, -0.2) is 5.91 Å². The number of hydrogen-bond acceptors (Lipinski definition) is 3. The molecule has 2 aromatic rings. The Bertz CT molecular complexity index is 598. The first-order valence-corrected chi connectivity index (χ1v) is 7.81. The number of furan rings is 1. The molecule has 0 saturated heterocycles. The molecule has 20 heavy (non-hydrogen) atoms. The second kappa shape index (κ2) is 6.09. The first-order valence-electron chi connectivity index (χ1n) is 6.87. The predicted octanol–water partition coefficient (Wildman–Crippen LogP) is 3.98. The van der Waals surface area contributed by atoms with E-state index in [1.54, 1.807) is 11.3 Å². The minimum absolute atomic E-state index is 0.117. The van der Waals surface area contributed by atoms with Crippen LogP contribution < -0.4 is 5.32 Å². The largest absolute Gasteiger partial charge is 0.459 e. The second-order valence-electron chi connectivity index (χ2n) is 4.98. The number of amides is 1. The maximum atomic E-state index is 12.0. The molecule has 3 nitrogen and oxygen atoms in total. The van der Waals surface area contributed by atoms with Gasteiger partial charge in [0.15, 0.2) is 0 Å². The predicted molar refractivity (Wildman–Crippen MR) is 80.3 cm³/mol. The average molecular weight is 287 g/mol. The van der Waals surface area contributed by atoms with E-state index in [1.165, 1.54) is 0 Å². The maximum absolute atomic E-state index is 12.0. The summed E-state index contributed by atoms with van der Waals surface area (Å²) in [6.45, 7) is 0.461. The molecule has 2 aromatic heterocycles. The normalized spacial score (nSPS) is 18.1. The van der Waals surface area contributed by atoms with Gasteiger partial charge in [0.1, 0.15) is 11.5 Å². The van der Waals surface area contributed by atoms with Crippen molar-refractivity contribution in [2.75, 3.05) is 0 Å². The summed E-state index contributed by atoms with van der Waals surface area (Å²) in [6.07, 6.45) is 7.03. The van der Waals surface area contributed by atoms with Crippen molar-refractivity contribution in [1.82, 2.24) is 5.32 Å². The molecule has 4 heteroatoms. The highest BCUT2D eigenvalue weighted by Gasteiger charge is 2.18. The van der Waals surface area contributed by atoms with Crippen molar-refractivity contribution in [3.8, 4) is 11.3 Å². The minimum Gasteiger partial charge on any atom is -0.459 e. The molecule has 1 atom stereocenters. The number of hydrogen-bond donors (Lipinski definition) is 1. The molecular weight excluding hydrogens is 270 g/mol. The van der Waals surface area contributed by atoms with E-state index >= 15 is 0 Å². The van der Waals surface area contributed by atoms with E-state index < -0.39 is 0 Å². The van der Waals surface area contributed by atoms with Gasteiger partial charge in [0.2, 0.25) is 5.91 Å². The van der Waals surface area contributed by atoms with Gasteiger partial charge in [-0.2, -0.15) is 11.3 Å². The summed E-state index contributed by atoms with van der Waals surface area (Å²) in [6, 6.07) is 5.90. The van der Waals surface area contributed by atoms with Crippen molar-refractivity contribution in [2.24, 2.45) is 5.92 Å². The Morgan fingerprint density at radius 1 is 1.35 bits per heavy atom. The lowest BCUT2D eigenvalue weighted by Gasteiger charge is -2.16. The Morgan fingerprint density at radius 2 is 2.30 bits per heavy atom. The van der Waals surface area contributed by atoms with Crippen LogP contribution in [0.3, 0.4) is 0 Å². The number of carbonyl (C=O) groups excluding carboxylic acids is 1. The van der Waals surface area contributed by atoms with E-state index in [0.717, 1.165) is 36.3 Å². The third-order valence-corrected chi connectivity index (χ3v) is 4.23. The minimum atomic E-state index is 0.117. The molecule has 104 valence electrons. The molecule has 0 aliphatic heterocycles. The molecule has 0 radical (unpaired) electrons. The Balaban J connectivity index is 1.56. The van der Waals surface area contributed by atoms with E-state index in [9.17, 15) is 4.79 Å². The summed E-state index contributed by atoms with van der Waals surface area (Å²) in [5.74, 6) is 1.90. The highest BCUT2D eigenvalue weighted by atomic mass is 32.1. The number of carbonyl (C=O) groups is 1. The van der Waals surface area contributed by atoms with Gasteiger partial charge in [0, 0.05) is 16.9 Å². The Labute approximate surface area is 122 Å². The van der Waals surface area contributed by atoms with E-state index in [2.05, 4.69) is 22.8 Å². The van der Waals surface area contributed by atoms with E-state index in [1.807, 2.05) is 23.6 Å². The lowest BCUT2D eigenvalue weighted by Crippen LogP contribution is -2.30. The molecule has 1 aliphatic rings. The molecular formula is C16H17NO2S. The summed E-state index contributed by atoms with van der Waals surface area (Å²) < 4.78 is 5.74. The smallest absolute Gasteiger partial charge is 0.223 e. The topological polar surface area (TPSA) is 42.2 Å². The maximum Gasteiger partial charge on any atom is 0.223 e. The Hall–Kier alpha value is -1.81. The van der Waals surface area contributed by atoms with Gasteiger partial charge in [-0.1, -0.05) is 12.2 Å². The van der Waals surface area contributed by atoms with Crippen molar-refractivity contribution < 1.29 is 9.21 Å². The molecule has 0 spiro atoms. The van der Waals surface area contributed by atoms with E-state index in [0.29, 0.717) is 6.54 Å². The van der Waals surface area contributed by atoms with Crippen LogP contribution in [0.5, 0.6) is 0 Å². The van der Waals surface area contributed by atoms with Crippen LogP contribution in [0.25, 0.3) is 11.3 Å². The Morgan fingerprint density at radius 3 is 3.05 bits per heavy atom. The van der Waals surface area contributed by atoms with Gasteiger partial charge >= 0.3 is 0 Å². The first-order chi connectivity index (χ1) is 9.83.